The van der Waals surface area contributed by atoms with Crippen LogP contribution in [-0.2, 0) is 15.0 Å². The molecule has 1 heterocycles. The normalized spacial score (nSPS) is 20.1. The van der Waals surface area contributed by atoms with Gasteiger partial charge in [0.25, 0.3) is 0 Å². The number of halogens is 3. The summed E-state index contributed by atoms with van der Waals surface area (Å²) in [7, 11) is -4.56. The fraction of sp³-hybridized carbons (Fsp3) is 0.364. The SMILES string of the molecule is O=C1CC(CS(=O)(=O)F)CN1c1ccc(Cl)c(Br)c1. The van der Waals surface area contributed by atoms with Crippen molar-refractivity contribution in [3.8, 4) is 0 Å². The molecule has 0 spiro atoms. The van der Waals surface area contributed by atoms with Gasteiger partial charge >= 0.3 is 10.2 Å². The third-order valence-electron chi connectivity index (χ3n) is 2.85. The molecule has 0 bridgehead atoms. The monoisotopic (exact) mass is 369 g/mol. The number of hydrogen-bond acceptors (Lipinski definition) is 3. The maximum atomic E-state index is 12.6. The highest BCUT2D eigenvalue weighted by Crippen LogP contribution is 2.31. The molecule has 8 heteroatoms. The van der Waals surface area contributed by atoms with E-state index in [9.17, 15) is 17.1 Å². The molecule has 1 unspecified atom stereocenters. The van der Waals surface area contributed by atoms with Gasteiger partial charge in [0, 0.05) is 29.0 Å². The van der Waals surface area contributed by atoms with E-state index in [1.807, 2.05) is 0 Å². The number of anilines is 1. The van der Waals surface area contributed by atoms with E-state index in [1.165, 1.54) is 4.90 Å². The van der Waals surface area contributed by atoms with Crippen LogP contribution >= 0.6 is 27.5 Å². The summed E-state index contributed by atoms with van der Waals surface area (Å²) in [6.07, 6.45) is 0.0311. The average molecular weight is 371 g/mol. The highest BCUT2D eigenvalue weighted by atomic mass is 79.9. The molecule has 0 saturated carbocycles. The molecule has 0 radical (unpaired) electrons. The maximum Gasteiger partial charge on any atom is 0.302 e. The van der Waals surface area contributed by atoms with Crippen LogP contribution in [0.25, 0.3) is 0 Å². The summed E-state index contributed by atoms with van der Waals surface area (Å²) < 4.78 is 34.5. The Balaban J connectivity index is 2.18. The van der Waals surface area contributed by atoms with E-state index < -0.39 is 21.9 Å². The molecule has 1 aliphatic heterocycles. The van der Waals surface area contributed by atoms with Gasteiger partial charge in [0.1, 0.15) is 0 Å². The van der Waals surface area contributed by atoms with Crippen LogP contribution in [0.4, 0.5) is 9.57 Å². The first-order valence-electron chi connectivity index (χ1n) is 5.44. The zero-order valence-electron chi connectivity index (χ0n) is 9.64. The standard InChI is InChI=1S/C11H10BrClFNO3S/c12-9-4-8(1-2-10(9)13)15-5-7(3-11(15)16)6-19(14,17)18/h1-2,4,7H,3,5-6H2. The molecule has 19 heavy (non-hydrogen) atoms. The fourth-order valence-electron chi connectivity index (χ4n) is 2.08. The van der Waals surface area contributed by atoms with Crippen molar-refractivity contribution in [3.63, 3.8) is 0 Å². The number of amides is 1. The fourth-order valence-corrected chi connectivity index (χ4v) is 3.35. The van der Waals surface area contributed by atoms with Crippen LogP contribution in [0.3, 0.4) is 0 Å². The first kappa shape index (κ1) is 14.7. The lowest BCUT2D eigenvalue weighted by atomic mass is 10.1. The van der Waals surface area contributed by atoms with Gasteiger partial charge in [-0.1, -0.05) is 11.6 Å². The van der Waals surface area contributed by atoms with Crippen LogP contribution in [0, 0.1) is 5.92 Å². The Morgan fingerprint density at radius 2 is 2.16 bits per heavy atom. The van der Waals surface area contributed by atoms with Gasteiger partial charge < -0.3 is 4.90 Å². The van der Waals surface area contributed by atoms with E-state index in [4.69, 9.17) is 11.6 Å². The largest absolute Gasteiger partial charge is 0.312 e. The second-order valence-electron chi connectivity index (χ2n) is 4.38. The topological polar surface area (TPSA) is 54.5 Å². The summed E-state index contributed by atoms with van der Waals surface area (Å²) in [5.41, 5.74) is 0.611. The summed E-state index contributed by atoms with van der Waals surface area (Å²) in [4.78, 5) is 13.3. The van der Waals surface area contributed by atoms with Crippen LogP contribution in [0.1, 0.15) is 6.42 Å². The van der Waals surface area contributed by atoms with Crippen LogP contribution < -0.4 is 4.90 Å². The lowest BCUT2D eigenvalue weighted by Crippen LogP contribution is -2.25. The highest BCUT2D eigenvalue weighted by molar-refractivity contribution is 9.10. The van der Waals surface area contributed by atoms with E-state index in [0.717, 1.165) is 0 Å². The number of nitrogens with zero attached hydrogens (tertiary/aromatic N) is 1. The van der Waals surface area contributed by atoms with Crippen molar-refractivity contribution in [1.29, 1.82) is 0 Å². The van der Waals surface area contributed by atoms with Crippen molar-refractivity contribution in [2.75, 3.05) is 17.2 Å². The first-order valence-corrected chi connectivity index (χ1v) is 8.16. The van der Waals surface area contributed by atoms with Gasteiger partial charge in [-0.15, -0.1) is 3.89 Å². The Morgan fingerprint density at radius 3 is 2.74 bits per heavy atom. The minimum Gasteiger partial charge on any atom is -0.312 e. The highest BCUT2D eigenvalue weighted by Gasteiger charge is 2.33. The van der Waals surface area contributed by atoms with E-state index in [2.05, 4.69) is 15.9 Å². The van der Waals surface area contributed by atoms with Crippen molar-refractivity contribution in [3.05, 3.63) is 27.7 Å². The Kier molecular flexibility index (Phi) is 4.17. The zero-order valence-corrected chi connectivity index (χ0v) is 12.8. The van der Waals surface area contributed by atoms with Gasteiger partial charge in [-0.25, -0.2) is 0 Å². The lowest BCUT2D eigenvalue weighted by Gasteiger charge is -2.17. The molecule has 4 nitrogen and oxygen atoms in total. The van der Waals surface area contributed by atoms with Gasteiger partial charge in [0.2, 0.25) is 5.91 Å². The molecule has 2 rings (SSSR count). The number of hydrogen-bond donors (Lipinski definition) is 0. The summed E-state index contributed by atoms with van der Waals surface area (Å²) in [5, 5.41) is 0.512. The van der Waals surface area contributed by atoms with Crippen molar-refractivity contribution < 1.29 is 17.1 Å². The van der Waals surface area contributed by atoms with Gasteiger partial charge in [0.15, 0.2) is 0 Å². The molecule has 1 saturated heterocycles. The number of carbonyl (C=O) groups excluding carboxylic acids is 1. The predicted octanol–water partition coefficient (Wildman–Crippen LogP) is 2.75. The summed E-state index contributed by atoms with van der Waals surface area (Å²) in [6.45, 7) is 0.191. The summed E-state index contributed by atoms with van der Waals surface area (Å²) >= 11 is 9.11. The predicted molar refractivity (Wildman–Crippen MR) is 74.5 cm³/mol. The quantitative estimate of drug-likeness (QED) is 0.769. The van der Waals surface area contributed by atoms with Gasteiger partial charge in [-0.2, -0.15) is 8.42 Å². The third-order valence-corrected chi connectivity index (χ3v) is 4.94. The molecule has 0 aliphatic carbocycles. The van der Waals surface area contributed by atoms with E-state index in [1.54, 1.807) is 18.2 Å². The van der Waals surface area contributed by atoms with Crippen molar-refractivity contribution >= 4 is 49.3 Å². The molecular weight excluding hydrogens is 361 g/mol. The van der Waals surface area contributed by atoms with Crippen LogP contribution in [0.15, 0.2) is 22.7 Å². The summed E-state index contributed by atoms with van der Waals surface area (Å²) in [6, 6.07) is 4.97. The Morgan fingerprint density at radius 1 is 1.47 bits per heavy atom. The van der Waals surface area contributed by atoms with E-state index in [0.29, 0.717) is 15.2 Å². The third kappa shape index (κ3) is 3.67. The van der Waals surface area contributed by atoms with Gasteiger partial charge in [-0.05, 0) is 34.1 Å². The Bertz CT molecular complexity index is 622. The number of carbonyl (C=O) groups is 1. The number of benzene rings is 1. The minimum absolute atomic E-state index is 0.0311. The summed E-state index contributed by atoms with van der Waals surface area (Å²) in [5.74, 6) is -1.36. The molecule has 1 aromatic carbocycles. The molecule has 0 aromatic heterocycles. The second kappa shape index (κ2) is 5.38. The van der Waals surface area contributed by atoms with Crippen molar-refractivity contribution in [2.24, 2.45) is 5.92 Å². The molecule has 1 fully saturated rings. The first-order chi connectivity index (χ1) is 8.76. The zero-order chi connectivity index (χ0) is 14.2. The molecule has 1 aromatic rings. The van der Waals surface area contributed by atoms with Crippen molar-refractivity contribution in [1.82, 2.24) is 0 Å². The molecule has 0 N–H and O–H groups in total. The lowest BCUT2D eigenvalue weighted by molar-refractivity contribution is -0.117. The smallest absolute Gasteiger partial charge is 0.302 e. The molecular formula is C11H10BrClFNO3S. The van der Waals surface area contributed by atoms with E-state index >= 15 is 0 Å². The molecule has 1 amide bonds. The minimum atomic E-state index is -4.56. The number of rotatable bonds is 3. The van der Waals surface area contributed by atoms with Crippen LogP contribution in [0.5, 0.6) is 0 Å². The van der Waals surface area contributed by atoms with Gasteiger partial charge in [0.05, 0.1) is 10.8 Å². The second-order valence-corrected chi connectivity index (χ2v) is 7.05. The van der Waals surface area contributed by atoms with Crippen LogP contribution in [-0.4, -0.2) is 26.6 Å². The molecule has 1 atom stereocenters. The van der Waals surface area contributed by atoms with Crippen molar-refractivity contribution in [2.45, 2.75) is 6.42 Å². The molecule has 1 aliphatic rings. The Hall–Kier alpha value is -0.660. The Labute approximate surface area is 123 Å². The van der Waals surface area contributed by atoms with Gasteiger partial charge in [-0.3, -0.25) is 4.79 Å². The average Bonchev–Trinajstić information content (AvgIpc) is 2.61. The van der Waals surface area contributed by atoms with E-state index in [-0.39, 0.29) is 18.9 Å². The molecule has 104 valence electrons. The maximum absolute atomic E-state index is 12.6. The van der Waals surface area contributed by atoms with Crippen LogP contribution in [0.2, 0.25) is 5.02 Å².